The van der Waals surface area contributed by atoms with Gasteiger partial charge in [0.25, 0.3) is 10.1 Å². The normalized spacial score (nSPS) is 49.1. The van der Waals surface area contributed by atoms with E-state index in [0.717, 1.165) is 19.1 Å². The number of hydrogen-bond acceptors (Lipinski definition) is 4. The van der Waals surface area contributed by atoms with Crippen LogP contribution < -0.4 is 5.32 Å². The van der Waals surface area contributed by atoms with Gasteiger partial charge in [-0.3, -0.25) is 8.98 Å². The monoisotopic (exact) mass is 367 g/mol. The highest BCUT2D eigenvalue weighted by Gasteiger charge is 2.60. The molecule has 4 aliphatic rings. The zero-order valence-electron chi connectivity index (χ0n) is 15.3. The first-order valence-corrected chi connectivity index (χ1v) is 11.3. The minimum Gasteiger partial charge on any atom is -0.346 e. The smallest absolute Gasteiger partial charge is 0.264 e. The van der Waals surface area contributed by atoms with Crippen LogP contribution >= 0.6 is 0 Å². The Hall–Kier alpha value is -0.880. The first kappa shape index (κ1) is 17.5. The van der Waals surface area contributed by atoms with Crippen molar-refractivity contribution >= 4 is 16.0 Å². The number of amides is 1. The molecule has 3 aliphatic carbocycles. The topological polar surface area (TPSA) is 72.5 Å². The third kappa shape index (κ3) is 2.76. The van der Waals surface area contributed by atoms with Crippen LogP contribution in [0.3, 0.4) is 0 Å². The average molecular weight is 368 g/mol. The summed E-state index contributed by atoms with van der Waals surface area (Å²) >= 11 is 0. The van der Waals surface area contributed by atoms with Crippen LogP contribution in [-0.2, 0) is 19.1 Å². The Morgan fingerprint density at radius 3 is 2.68 bits per heavy atom. The van der Waals surface area contributed by atoms with Gasteiger partial charge < -0.3 is 5.32 Å². The summed E-state index contributed by atoms with van der Waals surface area (Å²) in [5.74, 6) is 1.43. The van der Waals surface area contributed by atoms with Crippen molar-refractivity contribution in [1.29, 1.82) is 0 Å². The molecule has 0 spiro atoms. The lowest BCUT2D eigenvalue weighted by atomic mass is 9.48. The molecule has 1 heterocycles. The van der Waals surface area contributed by atoms with Gasteiger partial charge in [-0.2, -0.15) is 8.42 Å². The Morgan fingerprint density at radius 2 is 1.96 bits per heavy atom. The first-order chi connectivity index (χ1) is 11.6. The first-order valence-electron chi connectivity index (χ1n) is 9.50. The number of carbonyl (C=O) groups excluding carboxylic acids is 1. The molecule has 6 heteroatoms. The maximum Gasteiger partial charge on any atom is 0.264 e. The number of nitrogens with one attached hydrogen (secondary N) is 1. The summed E-state index contributed by atoms with van der Waals surface area (Å²) in [6.45, 7) is 4.60. The maximum absolute atomic E-state index is 12.0. The predicted octanol–water partition coefficient (Wildman–Crippen LogP) is 2.63. The highest BCUT2D eigenvalue weighted by atomic mass is 32.2. The maximum atomic E-state index is 12.0. The highest BCUT2D eigenvalue weighted by Crippen LogP contribution is 2.63. The Morgan fingerprint density at radius 1 is 1.20 bits per heavy atom. The van der Waals surface area contributed by atoms with Crippen LogP contribution in [0.25, 0.3) is 0 Å². The van der Waals surface area contributed by atoms with E-state index < -0.39 is 16.2 Å². The minimum absolute atomic E-state index is 0.149. The summed E-state index contributed by atoms with van der Waals surface area (Å²) in [5.41, 5.74) is 0.151. The summed E-state index contributed by atoms with van der Waals surface area (Å²) < 4.78 is 29.2. The van der Waals surface area contributed by atoms with Gasteiger partial charge in [0, 0.05) is 5.41 Å². The average Bonchev–Trinajstić information content (AvgIpc) is 2.89. The summed E-state index contributed by atoms with van der Waals surface area (Å²) in [6, 6.07) is -0.272. The van der Waals surface area contributed by atoms with Crippen molar-refractivity contribution < 1.29 is 17.4 Å². The fraction of sp³-hybridized carbons (Fsp3) is 0.842. The van der Waals surface area contributed by atoms with Gasteiger partial charge in [0.1, 0.15) is 0 Å². The van der Waals surface area contributed by atoms with Crippen LogP contribution in [0.1, 0.15) is 52.4 Å². The number of hydrogen-bond donors (Lipinski definition) is 1. The Labute approximate surface area is 150 Å². The molecule has 3 saturated carbocycles. The third-order valence-electron chi connectivity index (χ3n) is 7.75. The van der Waals surface area contributed by atoms with E-state index in [1.54, 1.807) is 6.08 Å². The summed E-state index contributed by atoms with van der Waals surface area (Å²) in [5, 5.41) is 3.02. The molecular weight excluding hydrogens is 338 g/mol. The van der Waals surface area contributed by atoms with Crippen molar-refractivity contribution in [3.8, 4) is 0 Å². The molecule has 0 aromatic carbocycles. The lowest BCUT2D eigenvalue weighted by molar-refractivity contribution is -0.128. The molecule has 0 bridgehead atoms. The van der Waals surface area contributed by atoms with Crippen LogP contribution in [0, 0.1) is 28.6 Å². The molecule has 1 aliphatic heterocycles. The van der Waals surface area contributed by atoms with Gasteiger partial charge in [0.2, 0.25) is 5.91 Å². The molecule has 0 aromatic heterocycles. The fourth-order valence-corrected chi connectivity index (χ4v) is 7.31. The molecule has 4 rings (SSSR count). The largest absolute Gasteiger partial charge is 0.346 e. The lowest BCUT2D eigenvalue weighted by Gasteiger charge is -2.59. The standard InChI is InChI=1S/C19H29NO4S/c1-18-8-4-5-13(18)12-11-15(24-25(3,22)23)17-19(2,14(12)6-9-18)10-7-16(21)20-17/h7,10,12-15,17H,4-6,8-9,11H2,1-3H3,(H,20,21)/t12-,13-,14-,15-,17+,18-,19+/m0/s1. The van der Waals surface area contributed by atoms with Gasteiger partial charge in [-0.1, -0.05) is 26.3 Å². The highest BCUT2D eigenvalue weighted by molar-refractivity contribution is 7.86. The van der Waals surface area contributed by atoms with E-state index >= 15 is 0 Å². The van der Waals surface area contributed by atoms with Crippen LogP contribution in [0.2, 0.25) is 0 Å². The molecule has 25 heavy (non-hydrogen) atoms. The van der Waals surface area contributed by atoms with Gasteiger partial charge in [-0.25, -0.2) is 0 Å². The van der Waals surface area contributed by atoms with Crippen LogP contribution in [0.15, 0.2) is 12.2 Å². The van der Waals surface area contributed by atoms with Crippen molar-refractivity contribution in [2.75, 3.05) is 6.26 Å². The molecule has 1 amide bonds. The van der Waals surface area contributed by atoms with Crippen LogP contribution in [0.5, 0.6) is 0 Å². The second-order valence-electron chi connectivity index (χ2n) is 9.22. The van der Waals surface area contributed by atoms with E-state index in [1.807, 2.05) is 6.08 Å². The van der Waals surface area contributed by atoms with Gasteiger partial charge in [0.15, 0.2) is 0 Å². The van der Waals surface area contributed by atoms with Gasteiger partial charge in [0.05, 0.1) is 18.4 Å². The number of fused-ring (bicyclic) bond motifs is 5. The predicted molar refractivity (Wildman–Crippen MR) is 95.2 cm³/mol. The van der Waals surface area contributed by atoms with Gasteiger partial charge >= 0.3 is 0 Å². The Bertz CT molecular complexity index is 717. The summed E-state index contributed by atoms with van der Waals surface area (Å²) in [7, 11) is -3.57. The molecule has 3 fully saturated rings. The van der Waals surface area contributed by atoms with Gasteiger partial charge in [-0.05, 0) is 61.3 Å². The van der Waals surface area contributed by atoms with Crippen molar-refractivity contribution in [2.24, 2.45) is 28.6 Å². The van der Waals surface area contributed by atoms with Crippen molar-refractivity contribution in [2.45, 2.75) is 64.5 Å². The third-order valence-corrected chi connectivity index (χ3v) is 8.35. The lowest BCUT2D eigenvalue weighted by Crippen LogP contribution is -2.65. The molecule has 0 unspecified atom stereocenters. The van der Waals surface area contributed by atoms with Crippen molar-refractivity contribution in [3.63, 3.8) is 0 Å². The van der Waals surface area contributed by atoms with E-state index in [4.69, 9.17) is 4.18 Å². The van der Waals surface area contributed by atoms with E-state index in [2.05, 4.69) is 19.2 Å². The van der Waals surface area contributed by atoms with Gasteiger partial charge in [-0.15, -0.1) is 0 Å². The minimum atomic E-state index is -3.57. The SMILES string of the molecule is C[C@@]12CCC[C@H]1[C@@H]1C[C@H](OS(C)(=O)=O)[C@H]3NC(=O)C=C[C@]3(C)[C@H]1CC2. The molecule has 0 aromatic rings. The number of rotatable bonds is 2. The van der Waals surface area contributed by atoms with E-state index in [9.17, 15) is 13.2 Å². The van der Waals surface area contributed by atoms with Crippen LogP contribution in [-0.4, -0.2) is 32.7 Å². The van der Waals surface area contributed by atoms with Crippen molar-refractivity contribution in [3.05, 3.63) is 12.2 Å². The molecule has 1 N–H and O–H groups in total. The second-order valence-corrected chi connectivity index (χ2v) is 10.8. The quantitative estimate of drug-likeness (QED) is 0.762. The summed E-state index contributed by atoms with van der Waals surface area (Å²) in [4.78, 5) is 12.0. The zero-order chi connectivity index (χ0) is 18.0. The second kappa shape index (κ2) is 5.56. The van der Waals surface area contributed by atoms with E-state index in [1.165, 1.54) is 25.7 Å². The zero-order valence-corrected chi connectivity index (χ0v) is 16.1. The Balaban J connectivity index is 1.74. The molecular formula is C19H29NO4S. The Kier molecular flexibility index (Phi) is 3.90. The summed E-state index contributed by atoms with van der Waals surface area (Å²) in [6.07, 6.45) is 11.2. The molecule has 7 atom stereocenters. The van der Waals surface area contributed by atoms with Crippen molar-refractivity contribution in [1.82, 2.24) is 5.32 Å². The van der Waals surface area contributed by atoms with Crippen LogP contribution in [0.4, 0.5) is 0 Å². The van der Waals surface area contributed by atoms with E-state index in [-0.39, 0.29) is 17.4 Å². The number of carbonyl (C=O) groups is 1. The van der Waals surface area contributed by atoms with E-state index in [0.29, 0.717) is 23.2 Å². The molecule has 0 radical (unpaired) electrons. The molecule has 5 nitrogen and oxygen atoms in total. The molecule has 140 valence electrons. The molecule has 0 saturated heterocycles. The fourth-order valence-electron chi connectivity index (χ4n) is 6.67.